The quantitative estimate of drug-likeness (QED) is 0.0127. The minimum atomic E-state index is -4.41. The molecule has 3 heterocycles. The lowest BCUT2D eigenvalue weighted by atomic mass is 9.76. The van der Waals surface area contributed by atoms with Crippen molar-refractivity contribution in [3.05, 3.63) is 93.2 Å². The van der Waals surface area contributed by atoms with Crippen LogP contribution in [0.25, 0.3) is 0 Å². The van der Waals surface area contributed by atoms with Gasteiger partial charge in [0.1, 0.15) is 93.7 Å². The highest BCUT2D eigenvalue weighted by Gasteiger charge is 2.44. The van der Waals surface area contributed by atoms with E-state index in [1.165, 1.54) is 23.8 Å². The largest absolute Gasteiger partial charge is 0.511 e. The minimum absolute atomic E-state index is 0.00434. The number of allylic oxidation sites excluding steroid dienone is 2. The number of carbonyl (C=O) groups is 11. The summed E-state index contributed by atoms with van der Waals surface area (Å²) in [6.45, 7) is 34.3. The smallest absolute Gasteiger partial charge is 0.308 e. The Morgan fingerprint density at radius 1 is 0.655 bits per heavy atom. The first-order valence-corrected chi connectivity index (χ1v) is 42.5. The van der Waals surface area contributed by atoms with Gasteiger partial charge in [0.05, 0.1) is 23.4 Å². The van der Waals surface area contributed by atoms with Crippen molar-refractivity contribution in [2.45, 2.75) is 304 Å². The summed E-state index contributed by atoms with van der Waals surface area (Å²) in [4.78, 5) is 174. The number of sulfonamides is 1. The molecular weight excluding hydrogens is 1550 g/mol. The summed E-state index contributed by atoms with van der Waals surface area (Å²) in [5, 5.41) is 29.9. The molecule has 9 amide bonds. The highest BCUT2D eigenvalue weighted by molar-refractivity contribution is 7.90. The Morgan fingerprint density at radius 3 is 1.78 bits per heavy atom. The number of fused-ring (bicyclic) bond motifs is 2. The summed E-state index contributed by atoms with van der Waals surface area (Å²) < 4.78 is 55.3. The first-order chi connectivity index (χ1) is 55.2. The van der Waals surface area contributed by atoms with Crippen LogP contribution in [-0.4, -0.2) is 204 Å². The van der Waals surface area contributed by atoms with Crippen molar-refractivity contribution < 1.29 is 85.2 Å². The van der Waals surface area contributed by atoms with Crippen LogP contribution < -0.4 is 67.4 Å². The number of Topliss-reactive ketones (excluding diaryl/α,β-unsaturated/α-hetero) is 1. The molecule has 656 valence electrons. The molecule has 3 aliphatic heterocycles. The van der Waals surface area contributed by atoms with Gasteiger partial charge >= 0.3 is 5.97 Å². The highest BCUT2D eigenvalue weighted by Crippen LogP contribution is 2.44. The zero-order valence-corrected chi connectivity index (χ0v) is 74.0. The topological polar surface area (TPSA) is 445 Å². The predicted molar refractivity (Wildman–Crippen MR) is 450 cm³/mol. The van der Waals surface area contributed by atoms with Crippen molar-refractivity contribution in [3.8, 4) is 17.2 Å². The van der Waals surface area contributed by atoms with Gasteiger partial charge < -0.3 is 71.1 Å². The van der Waals surface area contributed by atoms with Crippen LogP contribution in [0.15, 0.2) is 74.7 Å². The Kier molecular flexibility index (Phi) is 32.5. The van der Waals surface area contributed by atoms with Gasteiger partial charge in [0, 0.05) is 70.1 Å². The van der Waals surface area contributed by atoms with Crippen LogP contribution >= 0.6 is 0 Å². The van der Waals surface area contributed by atoms with Crippen LogP contribution in [0.1, 0.15) is 222 Å². The first kappa shape index (κ1) is 96.0. The fourth-order valence-corrected chi connectivity index (χ4v) is 16.6. The van der Waals surface area contributed by atoms with Crippen LogP contribution in [0.5, 0.6) is 17.2 Å². The number of likely N-dealkylation sites (N-methyl/N-ethyl adjacent to an activating group) is 1. The normalized spacial score (nSPS) is 22.7. The molecule has 0 bridgehead atoms. The van der Waals surface area contributed by atoms with Crippen molar-refractivity contribution in [2.24, 2.45) is 27.2 Å². The molecule has 8 atom stereocenters. The van der Waals surface area contributed by atoms with Gasteiger partial charge in [0.2, 0.25) is 59.1 Å². The molecule has 1 aliphatic carbocycles. The van der Waals surface area contributed by atoms with Gasteiger partial charge in [0.15, 0.2) is 5.78 Å². The standard InChI is InChI=1S/C86H128N14O18S/c1-48(2)40-60-75(107)91-53(7)73(105)96-63(42-55-31-35-57(36-32-55)116-83(11,12)13)79(111)100-39-25-28-65(100)80(112)99(21)64(27-22-23-37-88-52(6)70-66(101)45-85(17,18)46-67(70)102)78(110)95-61(41-54-29-33-56(34-30-54)115-82(8,9)10)76(108)93-59(74(106)90-47-68(103)92-62(77(109)94-60)43-69(104)117-84(14,15)16)26-24-38-89-81(97-87)98-119(113,114)72-50(4)49(3)71-58(51(72)5)44-86(19,20)118-71/h29-36,48,53,59-65,101H,22-28,37-47,87H2,1-21H3,(H,90,106)(H,91,107)(H,92,103)(H,93,108)(H,94,109)(H,95,110)(H,96,105)(H2,89,97,98)/t53-,59+,60+,61-,62?,63+,64+,65+/m0/s1. The number of nitrogens with zero attached hydrogens (tertiary/aromatic N) is 4. The third-order valence-electron chi connectivity index (χ3n) is 20.6. The number of nitrogens with one attached hydrogen (secondary N) is 9. The third kappa shape index (κ3) is 28.0. The Morgan fingerprint density at radius 2 is 1.21 bits per heavy atom. The van der Waals surface area contributed by atoms with Gasteiger partial charge in [-0.2, -0.15) is 0 Å². The molecule has 12 N–H and O–H groups in total. The predicted octanol–water partition coefficient (Wildman–Crippen LogP) is 6.53. The lowest BCUT2D eigenvalue weighted by Crippen LogP contribution is -2.60. The Balaban J connectivity index is 1.33. The first-order valence-electron chi connectivity index (χ1n) is 41.0. The van der Waals surface area contributed by atoms with E-state index in [1.54, 1.807) is 111 Å². The summed E-state index contributed by atoms with van der Waals surface area (Å²) in [6, 6.07) is 1.80. The number of aliphatic imine (C=N–C) groups is 2. The number of guanidine groups is 1. The lowest BCUT2D eigenvalue weighted by molar-refractivity contribution is -0.156. The van der Waals surface area contributed by atoms with E-state index in [4.69, 9.17) is 24.8 Å². The zero-order chi connectivity index (χ0) is 88.8. The van der Waals surface area contributed by atoms with Gasteiger partial charge in [0.25, 0.3) is 10.0 Å². The maximum Gasteiger partial charge on any atom is 0.308 e. The number of benzene rings is 3. The molecule has 0 radical (unpaired) electrons. The second-order valence-corrected chi connectivity index (χ2v) is 38.0. The molecule has 3 aromatic carbocycles. The van der Waals surface area contributed by atoms with Crippen molar-refractivity contribution in [3.63, 3.8) is 0 Å². The molecule has 0 spiro atoms. The van der Waals surface area contributed by atoms with Crippen LogP contribution in [0.4, 0.5) is 0 Å². The van der Waals surface area contributed by atoms with Crippen LogP contribution in [0.3, 0.4) is 0 Å². The Hall–Kier alpha value is -10.2. The molecule has 0 saturated carbocycles. The minimum Gasteiger partial charge on any atom is -0.511 e. The van der Waals surface area contributed by atoms with E-state index >= 15 is 19.2 Å². The molecular formula is C86H128N14O18S. The zero-order valence-electron chi connectivity index (χ0n) is 73.2. The van der Waals surface area contributed by atoms with E-state index in [0.717, 1.165) is 5.56 Å². The molecule has 119 heavy (non-hydrogen) atoms. The number of esters is 1. The molecule has 3 aromatic rings. The Bertz CT molecular complexity index is 4460. The number of unbranched alkanes of at least 4 members (excludes halogenated alkanes) is 1. The van der Waals surface area contributed by atoms with E-state index in [1.807, 2.05) is 69.2 Å². The number of hydrogen-bond donors (Lipinski definition) is 11. The number of ether oxygens (including phenoxy) is 4. The molecule has 32 nitrogen and oxygen atoms in total. The number of aliphatic hydroxyl groups is 1. The fourth-order valence-electron chi connectivity index (χ4n) is 15.0. The average molecular weight is 1680 g/mol. The number of aliphatic hydroxyl groups excluding tert-OH is 1. The van der Waals surface area contributed by atoms with Crippen LogP contribution in [-0.2, 0) is 86.8 Å². The van der Waals surface area contributed by atoms with Gasteiger partial charge in [-0.25, -0.2) is 19.0 Å². The van der Waals surface area contributed by atoms with E-state index in [0.29, 0.717) is 63.6 Å². The van der Waals surface area contributed by atoms with Gasteiger partial charge in [-0.05, 0) is 226 Å². The summed E-state index contributed by atoms with van der Waals surface area (Å²) in [7, 11) is -3.00. The van der Waals surface area contributed by atoms with Crippen molar-refractivity contribution in [1.29, 1.82) is 0 Å². The number of hydrogen-bond acceptors (Lipinski definition) is 21. The SMILES string of the molecule is CC(=NCCCC[C@@H]1C(=O)N[C@@H](Cc2ccc(OC(C)(C)C)cc2)C(=O)N[C@H](CCCN=C(NN)NS(=O)(=O)c2c(C)c(C)c3c(c2C)CC(C)(C)O3)C(=O)NCC(=O)NC(CC(=O)OC(C)(C)C)C(=O)N[C@H](CC(C)C)C(=O)N[C@@H](C)C(=O)N[C@H](Cc2ccc(OC(C)(C)C)cc2)C(=O)N2CCC[C@@H]2C(=O)N1C)C1=C(O)CC(C)(C)CC1=O. The number of hydrazine groups is 1. The van der Waals surface area contributed by atoms with E-state index < -0.39 is 158 Å². The summed E-state index contributed by atoms with van der Waals surface area (Å²) in [5.74, 6) is -2.28. The maximum absolute atomic E-state index is 15.7. The molecule has 1 unspecified atom stereocenters. The summed E-state index contributed by atoms with van der Waals surface area (Å²) in [5.41, 5.74) is 2.78. The van der Waals surface area contributed by atoms with Crippen LogP contribution in [0.2, 0.25) is 0 Å². The molecule has 4 aliphatic rings. The highest BCUT2D eigenvalue weighted by atomic mass is 32.2. The second kappa shape index (κ2) is 40.3. The number of nitrogens with two attached hydrogens (primary N) is 1. The maximum atomic E-state index is 15.7. The van der Waals surface area contributed by atoms with Crippen molar-refractivity contribution in [1.82, 2.24) is 57.2 Å². The van der Waals surface area contributed by atoms with Crippen LogP contribution in [0, 0.1) is 32.1 Å². The molecule has 0 aromatic heterocycles. The molecule has 7 rings (SSSR count). The van der Waals surface area contributed by atoms with Gasteiger partial charge in [-0.15, -0.1) is 0 Å². The Labute approximate surface area is 700 Å². The van der Waals surface area contributed by atoms with Crippen molar-refractivity contribution in [2.75, 3.05) is 33.2 Å². The van der Waals surface area contributed by atoms with E-state index in [9.17, 15) is 47.1 Å². The summed E-state index contributed by atoms with van der Waals surface area (Å²) in [6.07, 6.45) is 0.137. The second-order valence-electron chi connectivity index (χ2n) is 36.4. The van der Waals surface area contributed by atoms with Gasteiger partial charge in [-0.1, -0.05) is 52.0 Å². The molecule has 2 fully saturated rings. The molecule has 33 heteroatoms. The lowest BCUT2D eigenvalue weighted by Gasteiger charge is -2.35. The fraction of sp³-hybridized carbons (Fsp3) is 0.616. The average Bonchev–Trinajstić information content (AvgIpc) is 1.24. The van der Waals surface area contributed by atoms with E-state index in [2.05, 4.69) is 57.4 Å². The molecule has 2 saturated heterocycles. The summed E-state index contributed by atoms with van der Waals surface area (Å²) >= 11 is 0. The van der Waals surface area contributed by atoms with Gasteiger partial charge in [-0.3, -0.25) is 68.2 Å². The van der Waals surface area contributed by atoms with E-state index in [-0.39, 0.29) is 124 Å². The number of ketones is 1. The number of rotatable bonds is 22. The number of amides is 9. The third-order valence-corrected chi connectivity index (χ3v) is 22.3. The van der Waals surface area contributed by atoms with Crippen molar-refractivity contribution >= 4 is 86.6 Å². The number of carbonyl (C=O) groups excluding carboxylic acids is 11. The monoisotopic (exact) mass is 1680 g/mol.